The second kappa shape index (κ2) is 6.88. The fraction of sp³-hybridized carbons (Fsp3) is 0.200. The van der Waals surface area contributed by atoms with Crippen molar-refractivity contribution in [3.05, 3.63) is 64.7 Å². The molecule has 1 aromatic carbocycles. The van der Waals surface area contributed by atoms with Gasteiger partial charge in [-0.05, 0) is 30.7 Å². The number of carbonyl (C=O) groups is 1. The molecule has 1 atom stereocenters. The molecule has 8 heteroatoms. The molecule has 7 nitrogen and oxygen atoms in total. The predicted molar refractivity (Wildman–Crippen MR) is 101 cm³/mol. The topological polar surface area (TPSA) is 103 Å². The van der Waals surface area contributed by atoms with Crippen molar-refractivity contribution in [1.29, 1.82) is 0 Å². The van der Waals surface area contributed by atoms with Gasteiger partial charge in [-0.15, -0.1) is 0 Å². The molecule has 2 aromatic heterocycles. The smallest absolute Gasteiger partial charge is 0.255 e. The van der Waals surface area contributed by atoms with Crippen molar-refractivity contribution < 1.29 is 13.9 Å². The van der Waals surface area contributed by atoms with Crippen LogP contribution in [0.4, 0.5) is 10.3 Å². The van der Waals surface area contributed by atoms with E-state index in [1.54, 1.807) is 12.1 Å². The molecule has 142 valence electrons. The molecule has 4 rings (SSSR count). The zero-order valence-electron chi connectivity index (χ0n) is 15.4. The lowest BCUT2D eigenvalue weighted by molar-refractivity contribution is 0.0923. The summed E-state index contributed by atoms with van der Waals surface area (Å²) in [5.41, 5.74) is 9.36. The summed E-state index contributed by atoms with van der Waals surface area (Å²) in [5, 5.41) is 2.94. The number of hydrogen-bond donors (Lipinski definition) is 2. The highest BCUT2D eigenvalue weighted by molar-refractivity contribution is 5.96. The van der Waals surface area contributed by atoms with Crippen LogP contribution in [0.5, 0.6) is 5.88 Å². The van der Waals surface area contributed by atoms with Gasteiger partial charge in [0.15, 0.2) is 0 Å². The van der Waals surface area contributed by atoms with Crippen LogP contribution in [0.15, 0.2) is 36.5 Å². The number of halogens is 1. The van der Waals surface area contributed by atoms with E-state index < -0.39 is 11.9 Å². The Labute approximate surface area is 160 Å². The second-order valence-electron chi connectivity index (χ2n) is 6.57. The summed E-state index contributed by atoms with van der Waals surface area (Å²) in [5.74, 6) is -0.118. The first-order valence-corrected chi connectivity index (χ1v) is 8.70. The Balaban J connectivity index is 1.80. The molecular formula is C20H18FN5O2. The van der Waals surface area contributed by atoms with Crippen molar-refractivity contribution in [1.82, 2.24) is 20.3 Å². The monoisotopic (exact) mass is 379 g/mol. The zero-order chi connectivity index (χ0) is 19.8. The lowest BCUT2D eigenvalue weighted by atomic mass is 9.91. The number of carbonyl (C=O) groups excluding carboxylic acids is 1. The Bertz CT molecular complexity index is 1090. The van der Waals surface area contributed by atoms with Gasteiger partial charge in [-0.1, -0.05) is 12.1 Å². The highest BCUT2D eigenvalue weighted by Crippen LogP contribution is 2.33. The number of nitrogens with zero attached hydrogens (tertiary/aromatic N) is 3. The molecular weight excluding hydrogens is 361 g/mol. The van der Waals surface area contributed by atoms with Crippen molar-refractivity contribution >= 4 is 11.9 Å². The molecule has 0 aliphatic carbocycles. The number of nitrogens with one attached hydrogen (secondary N) is 1. The number of amides is 1. The van der Waals surface area contributed by atoms with E-state index in [-0.39, 0.29) is 11.9 Å². The summed E-state index contributed by atoms with van der Waals surface area (Å²) in [6, 6.07) is 7.67. The van der Waals surface area contributed by atoms with Gasteiger partial charge in [0.1, 0.15) is 5.82 Å². The third kappa shape index (κ3) is 3.13. The summed E-state index contributed by atoms with van der Waals surface area (Å²) in [4.78, 5) is 25.1. The molecule has 1 aliphatic heterocycles. The number of aromatic nitrogens is 3. The number of nitrogen functional groups attached to an aromatic ring is 1. The van der Waals surface area contributed by atoms with Crippen LogP contribution in [0.2, 0.25) is 0 Å². The van der Waals surface area contributed by atoms with Crippen LogP contribution in [0.25, 0.3) is 11.3 Å². The van der Waals surface area contributed by atoms with E-state index in [0.717, 1.165) is 11.1 Å². The van der Waals surface area contributed by atoms with Crippen LogP contribution < -0.4 is 15.8 Å². The molecule has 0 unspecified atom stereocenters. The Morgan fingerprint density at radius 1 is 1.21 bits per heavy atom. The van der Waals surface area contributed by atoms with E-state index in [9.17, 15) is 9.18 Å². The Kier molecular flexibility index (Phi) is 4.38. The predicted octanol–water partition coefficient (Wildman–Crippen LogP) is 2.60. The minimum Gasteiger partial charge on any atom is -0.481 e. The van der Waals surface area contributed by atoms with Gasteiger partial charge in [-0.25, -0.2) is 19.3 Å². The number of aryl methyl sites for hydroxylation is 1. The minimum atomic E-state index is -0.404. The summed E-state index contributed by atoms with van der Waals surface area (Å²) in [6.07, 6.45) is 1.83. The van der Waals surface area contributed by atoms with E-state index in [4.69, 9.17) is 10.5 Å². The van der Waals surface area contributed by atoms with Crippen molar-refractivity contribution in [2.45, 2.75) is 19.4 Å². The molecule has 3 aromatic rings. The first-order valence-electron chi connectivity index (χ1n) is 8.70. The minimum absolute atomic E-state index is 0.108. The second-order valence-corrected chi connectivity index (χ2v) is 6.57. The molecule has 0 bridgehead atoms. The fourth-order valence-corrected chi connectivity index (χ4v) is 3.37. The quantitative estimate of drug-likeness (QED) is 0.725. The average Bonchev–Trinajstić information content (AvgIpc) is 2.68. The summed E-state index contributed by atoms with van der Waals surface area (Å²) in [6.45, 7) is 1.88. The standard InChI is InChI=1S/C20H18FN5O2/c1-10-3-6-15(25-19(10)28-2)13-7-11(21)4-5-12(13)16-8-17-14(18(27)24-16)9-23-20(22)26-17/h3-7,9,16H,8H2,1-2H3,(H,24,27)(H2,22,23,26)/t16-/m1/s1. The maximum absolute atomic E-state index is 14.0. The Morgan fingerprint density at radius 3 is 2.82 bits per heavy atom. The molecule has 1 amide bonds. The number of nitrogens with two attached hydrogens (primary N) is 1. The molecule has 3 N–H and O–H groups in total. The van der Waals surface area contributed by atoms with E-state index in [1.165, 1.54) is 25.4 Å². The maximum atomic E-state index is 14.0. The molecule has 1 aliphatic rings. The van der Waals surface area contributed by atoms with Crippen LogP contribution in [0, 0.1) is 12.7 Å². The van der Waals surface area contributed by atoms with Crippen molar-refractivity contribution in [2.75, 3.05) is 12.8 Å². The third-order valence-electron chi connectivity index (χ3n) is 4.74. The van der Waals surface area contributed by atoms with Crippen molar-refractivity contribution in [3.8, 4) is 17.1 Å². The van der Waals surface area contributed by atoms with Gasteiger partial charge in [-0.2, -0.15) is 0 Å². The molecule has 0 radical (unpaired) electrons. The summed E-state index contributed by atoms with van der Waals surface area (Å²) >= 11 is 0. The average molecular weight is 379 g/mol. The number of ether oxygens (including phenoxy) is 1. The van der Waals surface area contributed by atoms with Crippen LogP contribution in [0.1, 0.15) is 33.2 Å². The van der Waals surface area contributed by atoms with Gasteiger partial charge in [0.2, 0.25) is 11.8 Å². The van der Waals surface area contributed by atoms with E-state index in [2.05, 4.69) is 20.3 Å². The normalized spacial score (nSPS) is 15.7. The lowest BCUT2D eigenvalue weighted by Crippen LogP contribution is -2.36. The maximum Gasteiger partial charge on any atom is 0.255 e. The molecule has 0 spiro atoms. The van der Waals surface area contributed by atoms with Gasteiger partial charge in [0, 0.05) is 23.7 Å². The van der Waals surface area contributed by atoms with Crippen LogP contribution in [-0.2, 0) is 6.42 Å². The van der Waals surface area contributed by atoms with Gasteiger partial charge in [0.25, 0.3) is 5.91 Å². The molecule has 3 heterocycles. The van der Waals surface area contributed by atoms with Gasteiger partial charge in [0.05, 0.1) is 30.1 Å². The Morgan fingerprint density at radius 2 is 2.04 bits per heavy atom. The number of rotatable bonds is 3. The molecule has 0 fully saturated rings. The summed E-state index contributed by atoms with van der Waals surface area (Å²) < 4.78 is 19.3. The summed E-state index contributed by atoms with van der Waals surface area (Å²) in [7, 11) is 1.54. The zero-order valence-corrected chi connectivity index (χ0v) is 15.4. The number of anilines is 1. The van der Waals surface area contributed by atoms with E-state index in [1.807, 2.05) is 13.0 Å². The Hall–Kier alpha value is -3.55. The number of pyridine rings is 1. The van der Waals surface area contributed by atoms with Crippen LogP contribution in [-0.4, -0.2) is 28.0 Å². The fourth-order valence-electron chi connectivity index (χ4n) is 3.37. The largest absolute Gasteiger partial charge is 0.481 e. The van der Waals surface area contributed by atoms with Crippen molar-refractivity contribution in [2.24, 2.45) is 0 Å². The van der Waals surface area contributed by atoms with Gasteiger partial charge in [-0.3, -0.25) is 4.79 Å². The van der Waals surface area contributed by atoms with Crippen LogP contribution >= 0.6 is 0 Å². The van der Waals surface area contributed by atoms with Gasteiger partial charge >= 0.3 is 0 Å². The van der Waals surface area contributed by atoms with Gasteiger partial charge < -0.3 is 15.8 Å². The number of methoxy groups -OCH3 is 1. The number of fused-ring (bicyclic) bond motifs is 1. The highest BCUT2D eigenvalue weighted by atomic mass is 19.1. The molecule has 28 heavy (non-hydrogen) atoms. The molecule has 0 saturated carbocycles. The first-order chi connectivity index (χ1) is 13.5. The highest BCUT2D eigenvalue weighted by Gasteiger charge is 2.29. The first kappa shape index (κ1) is 17.8. The molecule has 0 saturated heterocycles. The lowest BCUT2D eigenvalue weighted by Gasteiger charge is -2.26. The van der Waals surface area contributed by atoms with E-state index in [0.29, 0.717) is 34.8 Å². The van der Waals surface area contributed by atoms with Crippen LogP contribution in [0.3, 0.4) is 0 Å². The number of hydrogen-bond acceptors (Lipinski definition) is 6. The van der Waals surface area contributed by atoms with Crippen molar-refractivity contribution in [3.63, 3.8) is 0 Å². The number of benzene rings is 1. The SMILES string of the molecule is COc1nc(-c2cc(F)ccc2[C@H]2Cc3nc(N)ncc3C(=O)N2)ccc1C. The van der Waals surface area contributed by atoms with E-state index >= 15 is 0 Å². The third-order valence-corrected chi connectivity index (χ3v) is 4.74.